The Hall–Kier alpha value is -0.630. The van der Waals surface area contributed by atoms with Gasteiger partial charge in [0.25, 0.3) is 0 Å². The van der Waals surface area contributed by atoms with Crippen molar-refractivity contribution < 1.29 is 8.42 Å². The highest BCUT2D eigenvalue weighted by Crippen LogP contribution is 2.22. The van der Waals surface area contributed by atoms with Crippen LogP contribution in [-0.4, -0.2) is 40.0 Å². The van der Waals surface area contributed by atoms with Crippen molar-refractivity contribution in [3.8, 4) is 0 Å². The van der Waals surface area contributed by atoms with Crippen molar-refractivity contribution >= 4 is 27.0 Å². The van der Waals surface area contributed by atoms with Crippen LogP contribution in [0.1, 0.15) is 13.8 Å². The number of rotatable bonds is 6. The van der Waals surface area contributed by atoms with Gasteiger partial charge in [0.05, 0.1) is 0 Å². The first kappa shape index (κ1) is 15.4. The first-order valence-corrected chi connectivity index (χ1v) is 8.09. The second-order valence-corrected chi connectivity index (χ2v) is 7.79. The first-order valence-electron chi connectivity index (χ1n) is 5.73. The molecular weight excluding hydrogens is 270 g/mol. The maximum atomic E-state index is 12.2. The van der Waals surface area contributed by atoms with Gasteiger partial charge < -0.3 is 10.6 Å². The summed E-state index contributed by atoms with van der Waals surface area (Å²) < 4.78 is 27.3. The summed E-state index contributed by atoms with van der Waals surface area (Å²) in [7, 11) is 0.379. The molecule has 0 saturated heterocycles. The molecule has 104 valence electrons. The minimum Gasteiger partial charge on any atom is -0.398 e. The maximum absolute atomic E-state index is 12.2. The highest BCUT2D eigenvalue weighted by molar-refractivity contribution is 7.91. The fourth-order valence-corrected chi connectivity index (χ4v) is 3.98. The number of hydrogen-bond donors (Lipinski definition) is 2. The highest BCUT2D eigenvalue weighted by Gasteiger charge is 2.24. The fraction of sp³-hybridized carbons (Fsp3) is 0.636. The zero-order valence-corrected chi connectivity index (χ0v) is 12.8. The summed E-state index contributed by atoms with van der Waals surface area (Å²) in [6.07, 6.45) is 0. The lowest BCUT2D eigenvalue weighted by Crippen LogP contribution is -2.44. The summed E-state index contributed by atoms with van der Waals surface area (Å²) in [5.41, 5.74) is 6.04. The van der Waals surface area contributed by atoms with E-state index in [9.17, 15) is 8.42 Å². The molecule has 0 saturated carbocycles. The quantitative estimate of drug-likeness (QED) is 0.825. The Labute approximate surface area is 113 Å². The lowest BCUT2D eigenvalue weighted by atomic mass is 10.1. The molecule has 0 fully saturated rings. The van der Waals surface area contributed by atoms with E-state index >= 15 is 0 Å². The molecule has 18 heavy (non-hydrogen) atoms. The number of anilines is 1. The van der Waals surface area contributed by atoms with Crippen molar-refractivity contribution in [1.29, 1.82) is 0 Å². The Morgan fingerprint density at radius 3 is 2.44 bits per heavy atom. The van der Waals surface area contributed by atoms with Crippen molar-refractivity contribution in [3.63, 3.8) is 0 Å². The molecule has 1 heterocycles. The molecule has 0 aromatic carbocycles. The van der Waals surface area contributed by atoms with E-state index in [1.54, 1.807) is 5.38 Å². The summed E-state index contributed by atoms with van der Waals surface area (Å²) in [6.45, 7) is 4.66. The van der Waals surface area contributed by atoms with Crippen LogP contribution in [0.5, 0.6) is 0 Å². The fourth-order valence-electron chi connectivity index (χ4n) is 1.51. The largest absolute Gasteiger partial charge is 0.398 e. The molecule has 0 radical (unpaired) electrons. The molecular formula is C11H21N3O2S2. The number of likely N-dealkylation sites (N-methyl/N-ethyl adjacent to an activating group) is 1. The molecule has 0 amide bonds. The van der Waals surface area contributed by atoms with Crippen LogP contribution >= 0.6 is 11.3 Å². The van der Waals surface area contributed by atoms with Crippen LogP contribution in [0.15, 0.2) is 15.7 Å². The lowest BCUT2D eigenvalue weighted by Gasteiger charge is -2.25. The lowest BCUT2D eigenvalue weighted by molar-refractivity contribution is 0.314. The van der Waals surface area contributed by atoms with Crippen LogP contribution in [0, 0.1) is 5.92 Å². The van der Waals surface area contributed by atoms with E-state index in [1.807, 2.05) is 32.8 Å². The Balaban J connectivity index is 2.86. The monoisotopic (exact) mass is 291 g/mol. The van der Waals surface area contributed by atoms with Crippen molar-refractivity contribution in [3.05, 3.63) is 11.4 Å². The van der Waals surface area contributed by atoms with E-state index in [0.29, 0.717) is 12.2 Å². The van der Waals surface area contributed by atoms with E-state index in [1.165, 1.54) is 6.07 Å². The van der Waals surface area contributed by atoms with E-state index in [0.717, 1.165) is 11.3 Å². The van der Waals surface area contributed by atoms with Gasteiger partial charge in [-0.2, -0.15) is 0 Å². The summed E-state index contributed by atoms with van der Waals surface area (Å²) in [5, 5.41) is 1.63. The van der Waals surface area contributed by atoms with E-state index < -0.39 is 10.0 Å². The Morgan fingerprint density at radius 2 is 2.06 bits per heavy atom. The number of nitrogens with one attached hydrogen (secondary N) is 1. The van der Waals surface area contributed by atoms with Gasteiger partial charge in [-0.05, 0) is 26.1 Å². The minimum absolute atomic E-state index is 0.117. The number of nitrogens with zero attached hydrogens (tertiary/aromatic N) is 1. The van der Waals surface area contributed by atoms with Gasteiger partial charge in [-0.3, -0.25) is 0 Å². The molecule has 0 aliphatic rings. The summed E-state index contributed by atoms with van der Waals surface area (Å²) >= 11 is 1.14. The normalized spacial score (nSPS) is 14.3. The number of sulfonamides is 1. The number of nitrogens with two attached hydrogens (primary N) is 1. The van der Waals surface area contributed by atoms with E-state index in [4.69, 9.17) is 5.73 Å². The summed E-state index contributed by atoms with van der Waals surface area (Å²) in [5.74, 6) is 0.222. The number of hydrogen-bond acceptors (Lipinski definition) is 5. The van der Waals surface area contributed by atoms with Gasteiger partial charge in [-0.1, -0.05) is 13.8 Å². The third kappa shape index (κ3) is 4.24. The Kier molecular flexibility index (Phi) is 5.15. The molecule has 1 atom stereocenters. The highest BCUT2D eigenvalue weighted by atomic mass is 32.2. The molecule has 1 aromatic heterocycles. The van der Waals surface area contributed by atoms with Gasteiger partial charge in [0, 0.05) is 23.7 Å². The van der Waals surface area contributed by atoms with Gasteiger partial charge in [0.15, 0.2) is 0 Å². The van der Waals surface area contributed by atoms with Crippen LogP contribution in [0.3, 0.4) is 0 Å². The van der Waals surface area contributed by atoms with Crippen LogP contribution in [0.25, 0.3) is 0 Å². The third-order valence-electron chi connectivity index (χ3n) is 2.53. The van der Waals surface area contributed by atoms with Crippen LogP contribution in [-0.2, 0) is 10.0 Å². The molecule has 1 unspecified atom stereocenters. The molecule has 3 N–H and O–H groups in total. The number of nitrogen functional groups attached to an aromatic ring is 1. The smallest absolute Gasteiger partial charge is 0.250 e. The van der Waals surface area contributed by atoms with Gasteiger partial charge >= 0.3 is 0 Å². The first-order chi connectivity index (χ1) is 8.22. The molecule has 7 heteroatoms. The second kappa shape index (κ2) is 6.01. The SMILES string of the molecule is CC(C)C(CN(C)C)NS(=O)(=O)c1cc(N)cs1. The predicted molar refractivity (Wildman–Crippen MR) is 76.2 cm³/mol. The Morgan fingerprint density at radius 1 is 1.44 bits per heavy atom. The average molecular weight is 291 g/mol. The molecule has 0 bridgehead atoms. The summed E-state index contributed by atoms with van der Waals surface area (Å²) in [6, 6.07) is 1.37. The molecule has 0 spiro atoms. The van der Waals surface area contributed by atoms with Crippen LogP contribution < -0.4 is 10.5 Å². The Bertz CT molecular complexity index is 480. The van der Waals surface area contributed by atoms with Gasteiger partial charge in [0.2, 0.25) is 10.0 Å². The van der Waals surface area contributed by atoms with Crippen molar-refractivity contribution in [1.82, 2.24) is 9.62 Å². The van der Waals surface area contributed by atoms with Crippen molar-refractivity contribution in [2.45, 2.75) is 24.1 Å². The molecule has 0 aliphatic heterocycles. The standard InChI is InChI=1S/C11H21N3O2S2/c1-8(2)10(6-14(3)4)13-18(15,16)11-5-9(12)7-17-11/h5,7-8,10,13H,6,12H2,1-4H3. The number of thiophene rings is 1. The van der Waals surface area contributed by atoms with Gasteiger partial charge in [0.1, 0.15) is 4.21 Å². The topological polar surface area (TPSA) is 75.4 Å². The van der Waals surface area contributed by atoms with Gasteiger partial charge in [-0.15, -0.1) is 11.3 Å². The minimum atomic E-state index is -3.47. The van der Waals surface area contributed by atoms with Crippen LogP contribution in [0.4, 0.5) is 5.69 Å². The van der Waals surface area contributed by atoms with E-state index in [2.05, 4.69) is 4.72 Å². The maximum Gasteiger partial charge on any atom is 0.250 e. The van der Waals surface area contributed by atoms with Crippen molar-refractivity contribution in [2.24, 2.45) is 5.92 Å². The molecule has 5 nitrogen and oxygen atoms in total. The molecule has 0 aliphatic carbocycles. The van der Waals surface area contributed by atoms with Crippen molar-refractivity contribution in [2.75, 3.05) is 26.4 Å². The summed E-state index contributed by atoms with van der Waals surface area (Å²) in [4.78, 5) is 1.97. The second-order valence-electron chi connectivity index (χ2n) is 4.93. The van der Waals surface area contributed by atoms with Gasteiger partial charge in [-0.25, -0.2) is 13.1 Å². The van der Waals surface area contributed by atoms with E-state index in [-0.39, 0.29) is 16.2 Å². The zero-order valence-electron chi connectivity index (χ0n) is 11.2. The third-order valence-corrected chi connectivity index (χ3v) is 5.48. The zero-order chi connectivity index (χ0) is 13.9. The molecule has 1 rings (SSSR count). The van der Waals surface area contributed by atoms with Crippen LogP contribution in [0.2, 0.25) is 0 Å². The average Bonchev–Trinajstić information content (AvgIpc) is 2.63. The molecule has 1 aromatic rings. The predicted octanol–water partition coefficient (Wildman–Crippen LogP) is 1.19.